The van der Waals surface area contributed by atoms with E-state index < -0.39 is 5.97 Å². The van der Waals surface area contributed by atoms with E-state index in [0.717, 1.165) is 22.4 Å². The van der Waals surface area contributed by atoms with Crippen LogP contribution in [0.4, 0.5) is 5.00 Å². The standard InChI is InChI=1S/C25H22N2O3S/c1-3-30-25(29)22-21(18-8-6-17(2)7-9-18)16-31-24(22)26-23(28)19-10-12-20(13-11-19)27-14-4-5-15-27/h4-16H,3H2,1-2H3,(H,26,28). The minimum Gasteiger partial charge on any atom is -0.462 e. The van der Waals surface area contributed by atoms with Crippen LogP contribution in [-0.4, -0.2) is 23.1 Å². The van der Waals surface area contributed by atoms with Crippen LogP contribution in [0.1, 0.15) is 33.2 Å². The van der Waals surface area contributed by atoms with Crippen LogP contribution in [0.5, 0.6) is 0 Å². The van der Waals surface area contributed by atoms with E-state index >= 15 is 0 Å². The van der Waals surface area contributed by atoms with Crippen LogP contribution in [0.2, 0.25) is 0 Å². The Morgan fingerprint density at radius 2 is 1.68 bits per heavy atom. The first kappa shape index (κ1) is 20.6. The number of aryl methyl sites for hydroxylation is 1. The number of thiophene rings is 1. The third-order valence-electron chi connectivity index (χ3n) is 4.89. The molecule has 1 N–H and O–H groups in total. The molecule has 0 spiro atoms. The Kier molecular flexibility index (Phi) is 6.00. The van der Waals surface area contributed by atoms with Gasteiger partial charge in [-0.1, -0.05) is 29.8 Å². The fourth-order valence-corrected chi connectivity index (χ4v) is 4.22. The van der Waals surface area contributed by atoms with Gasteiger partial charge < -0.3 is 14.6 Å². The van der Waals surface area contributed by atoms with Gasteiger partial charge in [0.25, 0.3) is 5.91 Å². The molecular weight excluding hydrogens is 408 g/mol. The van der Waals surface area contributed by atoms with Crippen molar-refractivity contribution in [3.8, 4) is 16.8 Å². The molecule has 0 atom stereocenters. The zero-order valence-corrected chi connectivity index (χ0v) is 18.1. The summed E-state index contributed by atoms with van der Waals surface area (Å²) in [6.45, 7) is 4.04. The lowest BCUT2D eigenvalue weighted by Crippen LogP contribution is -2.15. The van der Waals surface area contributed by atoms with Crippen molar-refractivity contribution in [1.82, 2.24) is 4.57 Å². The molecule has 5 nitrogen and oxygen atoms in total. The van der Waals surface area contributed by atoms with Crippen LogP contribution in [0.3, 0.4) is 0 Å². The highest BCUT2D eigenvalue weighted by Gasteiger charge is 2.23. The Balaban J connectivity index is 1.62. The first-order valence-electron chi connectivity index (χ1n) is 9.97. The molecule has 0 unspecified atom stereocenters. The van der Waals surface area contributed by atoms with Crippen LogP contribution in [0, 0.1) is 6.92 Å². The third-order valence-corrected chi connectivity index (χ3v) is 5.79. The quantitative estimate of drug-likeness (QED) is 0.385. The zero-order chi connectivity index (χ0) is 21.8. The Bertz CT molecular complexity index is 1190. The van der Waals surface area contributed by atoms with Crippen LogP contribution >= 0.6 is 11.3 Å². The van der Waals surface area contributed by atoms with Gasteiger partial charge in [0.1, 0.15) is 10.6 Å². The van der Waals surface area contributed by atoms with E-state index in [1.54, 1.807) is 19.1 Å². The number of anilines is 1. The summed E-state index contributed by atoms with van der Waals surface area (Å²) in [4.78, 5) is 25.6. The lowest BCUT2D eigenvalue weighted by Gasteiger charge is -2.10. The molecule has 4 rings (SSSR count). The Morgan fingerprint density at radius 1 is 1.00 bits per heavy atom. The van der Waals surface area contributed by atoms with E-state index in [9.17, 15) is 9.59 Å². The number of hydrogen-bond donors (Lipinski definition) is 1. The van der Waals surface area contributed by atoms with Crippen LogP contribution in [0.15, 0.2) is 78.4 Å². The number of carbonyl (C=O) groups excluding carboxylic acids is 2. The summed E-state index contributed by atoms with van der Waals surface area (Å²) in [6, 6.07) is 19.1. The molecule has 1 amide bonds. The number of amides is 1. The summed E-state index contributed by atoms with van der Waals surface area (Å²) >= 11 is 1.32. The van der Waals surface area contributed by atoms with Crippen molar-refractivity contribution in [1.29, 1.82) is 0 Å². The van der Waals surface area contributed by atoms with E-state index in [2.05, 4.69) is 5.32 Å². The van der Waals surface area contributed by atoms with Gasteiger partial charge in [-0.05, 0) is 55.8 Å². The van der Waals surface area contributed by atoms with Crippen molar-refractivity contribution in [2.24, 2.45) is 0 Å². The number of aromatic nitrogens is 1. The van der Waals surface area contributed by atoms with E-state index in [1.165, 1.54) is 11.3 Å². The van der Waals surface area contributed by atoms with Crippen molar-refractivity contribution in [3.05, 3.63) is 95.1 Å². The van der Waals surface area contributed by atoms with Crippen LogP contribution in [-0.2, 0) is 4.74 Å². The first-order chi connectivity index (χ1) is 15.1. The number of nitrogens with one attached hydrogen (secondary N) is 1. The molecule has 156 valence electrons. The molecule has 0 bridgehead atoms. The van der Waals surface area contributed by atoms with E-state index in [0.29, 0.717) is 16.1 Å². The summed E-state index contributed by atoms with van der Waals surface area (Å²) in [6.07, 6.45) is 3.89. The maximum atomic E-state index is 12.9. The third kappa shape index (κ3) is 4.44. The normalized spacial score (nSPS) is 10.6. The van der Waals surface area contributed by atoms with Gasteiger partial charge in [0.05, 0.1) is 6.61 Å². The van der Waals surface area contributed by atoms with Gasteiger partial charge >= 0.3 is 5.97 Å². The predicted molar refractivity (Wildman–Crippen MR) is 124 cm³/mol. The summed E-state index contributed by atoms with van der Waals surface area (Å²) in [5.74, 6) is -0.723. The van der Waals surface area contributed by atoms with Crippen molar-refractivity contribution < 1.29 is 14.3 Å². The predicted octanol–water partition coefficient (Wildman–Crippen LogP) is 5.94. The Hall–Kier alpha value is -3.64. The van der Waals surface area contributed by atoms with Gasteiger partial charge in [-0.3, -0.25) is 4.79 Å². The van der Waals surface area contributed by atoms with E-state index in [4.69, 9.17) is 4.74 Å². The van der Waals surface area contributed by atoms with Gasteiger partial charge in [-0.2, -0.15) is 0 Å². The molecule has 2 heterocycles. The molecule has 31 heavy (non-hydrogen) atoms. The number of nitrogens with zero attached hydrogens (tertiary/aromatic N) is 1. The minimum absolute atomic E-state index is 0.260. The average Bonchev–Trinajstić information content (AvgIpc) is 3.45. The monoisotopic (exact) mass is 430 g/mol. The number of carbonyl (C=O) groups is 2. The molecule has 0 saturated carbocycles. The topological polar surface area (TPSA) is 60.3 Å². The number of esters is 1. The van der Waals surface area contributed by atoms with Crippen molar-refractivity contribution >= 4 is 28.2 Å². The lowest BCUT2D eigenvalue weighted by molar-refractivity contribution is 0.0529. The molecule has 6 heteroatoms. The van der Waals surface area contributed by atoms with Crippen molar-refractivity contribution in [3.63, 3.8) is 0 Å². The molecule has 0 aliphatic heterocycles. The molecule has 0 saturated heterocycles. The van der Waals surface area contributed by atoms with Gasteiger partial charge in [-0.15, -0.1) is 11.3 Å². The first-order valence-corrected chi connectivity index (χ1v) is 10.8. The highest BCUT2D eigenvalue weighted by Crippen LogP contribution is 2.36. The van der Waals surface area contributed by atoms with Crippen LogP contribution in [0.25, 0.3) is 16.8 Å². The lowest BCUT2D eigenvalue weighted by atomic mass is 10.0. The highest BCUT2D eigenvalue weighted by molar-refractivity contribution is 7.15. The number of benzene rings is 2. The molecule has 2 aromatic heterocycles. The summed E-state index contributed by atoms with van der Waals surface area (Å²) in [5.41, 5.74) is 4.65. The van der Waals surface area contributed by atoms with E-state index in [-0.39, 0.29) is 12.5 Å². The Labute approximate surface area is 184 Å². The molecule has 0 radical (unpaired) electrons. The van der Waals surface area contributed by atoms with Crippen LogP contribution < -0.4 is 5.32 Å². The fraction of sp³-hybridized carbons (Fsp3) is 0.120. The van der Waals surface area contributed by atoms with E-state index in [1.807, 2.05) is 77.8 Å². The van der Waals surface area contributed by atoms with Crippen molar-refractivity contribution in [2.45, 2.75) is 13.8 Å². The van der Waals surface area contributed by atoms with Gasteiger partial charge in [0.15, 0.2) is 0 Å². The molecule has 0 fully saturated rings. The maximum absolute atomic E-state index is 12.9. The van der Waals surface area contributed by atoms with Gasteiger partial charge in [-0.25, -0.2) is 4.79 Å². The molecule has 4 aromatic rings. The number of hydrogen-bond acceptors (Lipinski definition) is 4. The molecule has 0 aliphatic carbocycles. The SMILES string of the molecule is CCOC(=O)c1c(-c2ccc(C)cc2)csc1NC(=O)c1ccc(-n2cccc2)cc1. The minimum atomic E-state index is -0.447. The highest BCUT2D eigenvalue weighted by atomic mass is 32.1. The summed E-state index contributed by atoms with van der Waals surface area (Å²) in [7, 11) is 0. The largest absolute Gasteiger partial charge is 0.462 e. The van der Waals surface area contributed by atoms with Gasteiger partial charge in [0, 0.05) is 34.6 Å². The second-order valence-electron chi connectivity index (χ2n) is 7.03. The number of rotatable bonds is 6. The summed E-state index contributed by atoms with van der Waals surface area (Å²) in [5, 5.41) is 5.25. The fourth-order valence-electron chi connectivity index (χ4n) is 3.27. The molecule has 2 aromatic carbocycles. The average molecular weight is 431 g/mol. The van der Waals surface area contributed by atoms with Crippen molar-refractivity contribution in [2.75, 3.05) is 11.9 Å². The number of ether oxygens (including phenoxy) is 1. The molecule has 0 aliphatic rings. The Morgan fingerprint density at radius 3 is 2.32 bits per heavy atom. The second kappa shape index (κ2) is 9.02. The zero-order valence-electron chi connectivity index (χ0n) is 17.3. The summed E-state index contributed by atoms with van der Waals surface area (Å²) < 4.78 is 7.24. The van der Waals surface area contributed by atoms with Gasteiger partial charge in [0.2, 0.25) is 0 Å². The second-order valence-corrected chi connectivity index (χ2v) is 7.91. The molecular formula is C25H22N2O3S. The maximum Gasteiger partial charge on any atom is 0.341 e. The smallest absolute Gasteiger partial charge is 0.341 e.